The highest BCUT2D eigenvalue weighted by Gasteiger charge is 2.13. The minimum Gasteiger partial charge on any atom is -0.496 e. The Labute approximate surface area is 99.0 Å². The van der Waals surface area contributed by atoms with Crippen molar-refractivity contribution in [3.63, 3.8) is 0 Å². The van der Waals surface area contributed by atoms with Crippen molar-refractivity contribution in [2.75, 3.05) is 14.2 Å². The number of esters is 1. The van der Waals surface area contributed by atoms with E-state index >= 15 is 0 Å². The summed E-state index contributed by atoms with van der Waals surface area (Å²) < 4.78 is 9.67. The molecule has 0 aromatic heterocycles. The summed E-state index contributed by atoms with van der Waals surface area (Å²) in [5.41, 5.74) is 1.13. The number of hydrogen-bond acceptors (Lipinski definition) is 4. The molecule has 0 spiro atoms. The van der Waals surface area contributed by atoms with Gasteiger partial charge in [-0.3, -0.25) is 4.79 Å². The predicted molar refractivity (Wildman–Crippen MR) is 60.3 cm³/mol. The van der Waals surface area contributed by atoms with Gasteiger partial charge in [0.1, 0.15) is 11.3 Å². The second kappa shape index (κ2) is 5.89. The van der Waals surface area contributed by atoms with Crippen LogP contribution in [0, 0.1) is 0 Å². The van der Waals surface area contributed by atoms with Crippen LogP contribution in [0.3, 0.4) is 0 Å². The van der Waals surface area contributed by atoms with Crippen LogP contribution < -0.4 is 4.74 Å². The molecule has 1 N–H and O–H groups in total. The lowest BCUT2D eigenvalue weighted by molar-refractivity contribution is -0.136. The third kappa shape index (κ3) is 3.48. The molecule has 0 amide bonds. The number of benzene rings is 1. The SMILES string of the molecule is COC(=O)c1ccc(CCC(=O)O)cc1OC. The maximum absolute atomic E-state index is 11.4. The van der Waals surface area contributed by atoms with E-state index in [1.54, 1.807) is 18.2 Å². The molecule has 0 aliphatic heterocycles. The van der Waals surface area contributed by atoms with Gasteiger partial charge in [0.05, 0.1) is 14.2 Å². The molecule has 92 valence electrons. The molecule has 0 aliphatic rings. The van der Waals surface area contributed by atoms with Crippen molar-refractivity contribution in [3.8, 4) is 5.75 Å². The number of aryl methyl sites for hydroxylation is 1. The van der Waals surface area contributed by atoms with Gasteiger partial charge in [-0.1, -0.05) is 6.07 Å². The highest BCUT2D eigenvalue weighted by atomic mass is 16.5. The van der Waals surface area contributed by atoms with Crippen LogP contribution in [0.4, 0.5) is 0 Å². The molecule has 0 saturated carbocycles. The van der Waals surface area contributed by atoms with Crippen LogP contribution in [0.1, 0.15) is 22.3 Å². The van der Waals surface area contributed by atoms with Crippen molar-refractivity contribution in [2.24, 2.45) is 0 Å². The minimum absolute atomic E-state index is 0.0424. The normalized spacial score (nSPS) is 9.76. The first kappa shape index (κ1) is 13.0. The lowest BCUT2D eigenvalue weighted by Crippen LogP contribution is -2.05. The molecule has 0 atom stereocenters. The first-order valence-electron chi connectivity index (χ1n) is 5.05. The Morgan fingerprint density at radius 2 is 2.00 bits per heavy atom. The second-order valence-electron chi connectivity index (χ2n) is 3.42. The molecule has 1 aromatic carbocycles. The molecule has 1 rings (SSSR count). The zero-order valence-corrected chi connectivity index (χ0v) is 9.73. The van der Waals surface area contributed by atoms with E-state index in [0.29, 0.717) is 17.7 Å². The van der Waals surface area contributed by atoms with Gasteiger partial charge in [0.2, 0.25) is 0 Å². The van der Waals surface area contributed by atoms with Gasteiger partial charge in [0.15, 0.2) is 0 Å². The van der Waals surface area contributed by atoms with E-state index in [-0.39, 0.29) is 6.42 Å². The van der Waals surface area contributed by atoms with Gasteiger partial charge in [0.25, 0.3) is 0 Å². The Kier molecular flexibility index (Phi) is 4.51. The molecular weight excluding hydrogens is 224 g/mol. The summed E-state index contributed by atoms with van der Waals surface area (Å²) in [6, 6.07) is 4.91. The number of aliphatic carboxylic acids is 1. The van der Waals surface area contributed by atoms with Crippen LogP contribution >= 0.6 is 0 Å². The fourth-order valence-corrected chi connectivity index (χ4v) is 1.42. The molecule has 1 aromatic rings. The molecule has 17 heavy (non-hydrogen) atoms. The molecule has 0 fully saturated rings. The third-order valence-electron chi connectivity index (χ3n) is 2.30. The summed E-state index contributed by atoms with van der Waals surface area (Å²) >= 11 is 0. The zero-order chi connectivity index (χ0) is 12.8. The highest BCUT2D eigenvalue weighted by molar-refractivity contribution is 5.92. The fraction of sp³-hybridized carbons (Fsp3) is 0.333. The molecule has 5 nitrogen and oxygen atoms in total. The number of ether oxygens (including phenoxy) is 2. The summed E-state index contributed by atoms with van der Waals surface area (Å²) in [5, 5.41) is 8.58. The highest BCUT2D eigenvalue weighted by Crippen LogP contribution is 2.21. The zero-order valence-electron chi connectivity index (χ0n) is 9.73. The largest absolute Gasteiger partial charge is 0.496 e. The van der Waals surface area contributed by atoms with Gasteiger partial charge in [-0.05, 0) is 24.1 Å². The Morgan fingerprint density at radius 1 is 1.29 bits per heavy atom. The number of carbonyl (C=O) groups is 2. The van der Waals surface area contributed by atoms with Crippen LogP contribution in [-0.2, 0) is 16.0 Å². The Morgan fingerprint density at radius 3 is 2.53 bits per heavy atom. The fourth-order valence-electron chi connectivity index (χ4n) is 1.42. The van der Waals surface area contributed by atoms with E-state index in [2.05, 4.69) is 4.74 Å². The van der Waals surface area contributed by atoms with Crippen molar-refractivity contribution in [1.29, 1.82) is 0 Å². The van der Waals surface area contributed by atoms with E-state index in [1.165, 1.54) is 14.2 Å². The monoisotopic (exact) mass is 238 g/mol. The Balaban J connectivity index is 2.92. The Bertz CT molecular complexity index is 425. The third-order valence-corrected chi connectivity index (χ3v) is 2.30. The maximum Gasteiger partial charge on any atom is 0.341 e. The minimum atomic E-state index is -0.860. The van der Waals surface area contributed by atoms with E-state index < -0.39 is 11.9 Å². The van der Waals surface area contributed by atoms with E-state index in [4.69, 9.17) is 9.84 Å². The summed E-state index contributed by atoms with van der Waals surface area (Å²) in [7, 11) is 2.74. The molecule has 0 unspecified atom stereocenters. The van der Waals surface area contributed by atoms with Crippen molar-refractivity contribution in [1.82, 2.24) is 0 Å². The molecule has 0 bridgehead atoms. The number of carboxylic acid groups (broad SMARTS) is 1. The van der Waals surface area contributed by atoms with Crippen LogP contribution in [0.5, 0.6) is 5.75 Å². The molecule has 5 heteroatoms. The first-order chi connectivity index (χ1) is 8.08. The first-order valence-corrected chi connectivity index (χ1v) is 5.05. The van der Waals surface area contributed by atoms with Crippen molar-refractivity contribution >= 4 is 11.9 Å². The standard InChI is InChI=1S/C12H14O5/c1-16-10-7-8(4-6-11(13)14)3-5-9(10)12(15)17-2/h3,5,7H,4,6H2,1-2H3,(H,13,14). The van der Waals surface area contributed by atoms with Gasteiger partial charge < -0.3 is 14.6 Å². The predicted octanol–water partition coefficient (Wildman–Crippen LogP) is 1.50. The van der Waals surface area contributed by atoms with Gasteiger partial charge in [-0.25, -0.2) is 4.79 Å². The number of rotatable bonds is 5. The van der Waals surface area contributed by atoms with Crippen LogP contribution in [0.25, 0.3) is 0 Å². The molecule has 0 saturated heterocycles. The van der Waals surface area contributed by atoms with E-state index in [9.17, 15) is 9.59 Å². The second-order valence-corrected chi connectivity index (χ2v) is 3.42. The van der Waals surface area contributed by atoms with Gasteiger partial charge in [0, 0.05) is 6.42 Å². The molecule has 0 heterocycles. The van der Waals surface area contributed by atoms with Gasteiger partial charge in [-0.15, -0.1) is 0 Å². The number of hydrogen-bond donors (Lipinski definition) is 1. The lowest BCUT2D eigenvalue weighted by atomic mass is 10.1. The number of carbonyl (C=O) groups excluding carboxylic acids is 1. The smallest absolute Gasteiger partial charge is 0.341 e. The average molecular weight is 238 g/mol. The van der Waals surface area contributed by atoms with Gasteiger partial charge in [-0.2, -0.15) is 0 Å². The maximum atomic E-state index is 11.4. The molecule has 0 aliphatic carbocycles. The number of methoxy groups -OCH3 is 2. The lowest BCUT2D eigenvalue weighted by Gasteiger charge is -2.08. The quantitative estimate of drug-likeness (QED) is 0.787. The Hall–Kier alpha value is -2.04. The summed E-state index contributed by atoms with van der Waals surface area (Å²) in [6.45, 7) is 0. The van der Waals surface area contributed by atoms with Crippen molar-refractivity contribution < 1.29 is 24.2 Å². The number of carboxylic acids is 1. The summed E-state index contributed by atoms with van der Waals surface area (Å²) in [4.78, 5) is 21.8. The summed E-state index contributed by atoms with van der Waals surface area (Å²) in [5.74, 6) is -0.951. The topological polar surface area (TPSA) is 72.8 Å². The van der Waals surface area contributed by atoms with E-state index in [0.717, 1.165) is 5.56 Å². The molecule has 0 radical (unpaired) electrons. The summed E-state index contributed by atoms with van der Waals surface area (Å²) in [6.07, 6.45) is 0.438. The van der Waals surface area contributed by atoms with Crippen LogP contribution in [0.15, 0.2) is 18.2 Å². The van der Waals surface area contributed by atoms with Gasteiger partial charge >= 0.3 is 11.9 Å². The van der Waals surface area contributed by atoms with E-state index in [1.807, 2.05) is 0 Å². The molecular formula is C12H14O5. The van der Waals surface area contributed by atoms with Crippen molar-refractivity contribution in [2.45, 2.75) is 12.8 Å². The van der Waals surface area contributed by atoms with Crippen molar-refractivity contribution in [3.05, 3.63) is 29.3 Å². The van der Waals surface area contributed by atoms with Crippen LogP contribution in [0.2, 0.25) is 0 Å². The van der Waals surface area contributed by atoms with Crippen LogP contribution in [-0.4, -0.2) is 31.3 Å². The average Bonchev–Trinajstić information content (AvgIpc) is 2.34.